The van der Waals surface area contributed by atoms with Gasteiger partial charge in [-0.2, -0.15) is 0 Å². The average Bonchev–Trinajstić information content (AvgIpc) is 2.76. The van der Waals surface area contributed by atoms with E-state index in [9.17, 15) is 4.39 Å². The Balaban J connectivity index is 1.20. The Morgan fingerprint density at radius 1 is 0.667 bits per heavy atom. The molecule has 0 spiro atoms. The Kier molecular flexibility index (Phi) is 8.08. The lowest BCUT2D eigenvalue weighted by Gasteiger charge is -2.44. The highest BCUT2D eigenvalue weighted by molar-refractivity contribution is 4.95. The lowest BCUT2D eigenvalue weighted by molar-refractivity contribution is -0.0603. The van der Waals surface area contributed by atoms with Crippen LogP contribution in [0.5, 0.6) is 0 Å². The maximum absolute atomic E-state index is 15.2. The molecule has 7 atom stereocenters. The molecule has 6 unspecified atom stereocenters. The van der Waals surface area contributed by atoms with E-state index in [4.69, 9.17) is 4.74 Å². The molecule has 0 amide bonds. The fourth-order valence-corrected chi connectivity index (χ4v) is 7.24. The molecule has 0 aliphatic heterocycles. The van der Waals surface area contributed by atoms with Crippen molar-refractivity contribution in [1.82, 2.24) is 0 Å². The zero-order chi connectivity index (χ0) is 21.1. The van der Waals surface area contributed by atoms with Gasteiger partial charge in [0.25, 0.3) is 0 Å². The van der Waals surface area contributed by atoms with Gasteiger partial charge in [-0.15, -0.1) is 0 Å². The van der Waals surface area contributed by atoms with Crippen LogP contribution in [0.15, 0.2) is 0 Å². The van der Waals surface area contributed by atoms with Gasteiger partial charge in [-0.05, 0) is 93.3 Å². The second-order valence-electron chi connectivity index (χ2n) is 11.3. The lowest BCUT2D eigenvalue weighted by Crippen LogP contribution is -2.45. The summed E-state index contributed by atoms with van der Waals surface area (Å²) in [4.78, 5) is 0. The van der Waals surface area contributed by atoms with Crippen molar-refractivity contribution >= 4 is 0 Å². The summed E-state index contributed by atoms with van der Waals surface area (Å²) in [5.74, 6) is 1.56. The summed E-state index contributed by atoms with van der Waals surface area (Å²) in [6, 6.07) is 0. The summed E-state index contributed by atoms with van der Waals surface area (Å²) in [5.41, 5.74) is 0. The van der Waals surface area contributed by atoms with E-state index in [2.05, 4.69) is 6.92 Å². The van der Waals surface area contributed by atoms with Crippen LogP contribution >= 0.6 is 0 Å². The van der Waals surface area contributed by atoms with Crippen molar-refractivity contribution < 1.29 is 17.9 Å². The van der Waals surface area contributed by atoms with Gasteiger partial charge in [0.2, 0.25) is 0 Å². The SMILES string of the molecule is CC1CCC(OCC2CCC(C3CCC(C4CCCCC4)C(F)[C@H]3F)CC2)C(F)C1. The molecule has 4 fully saturated rings. The first-order valence-electron chi connectivity index (χ1n) is 13.1. The predicted octanol–water partition coefficient (Wildman–Crippen LogP) is 7.62. The summed E-state index contributed by atoms with van der Waals surface area (Å²) < 4.78 is 50.4. The summed E-state index contributed by atoms with van der Waals surface area (Å²) in [6.45, 7) is 2.76. The van der Waals surface area contributed by atoms with E-state index in [0.717, 1.165) is 64.2 Å². The first-order chi connectivity index (χ1) is 14.5. The van der Waals surface area contributed by atoms with Crippen molar-refractivity contribution in [1.29, 1.82) is 0 Å². The largest absolute Gasteiger partial charge is 0.375 e. The highest BCUT2D eigenvalue weighted by atomic mass is 19.2. The van der Waals surface area contributed by atoms with Gasteiger partial charge in [-0.3, -0.25) is 0 Å². The Morgan fingerprint density at radius 2 is 1.27 bits per heavy atom. The molecule has 0 N–H and O–H groups in total. The Labute approximate surface area is 181 Å². The molecule has 30 heavy (non-hydrogen) atoms. The number of rotatable bonds is 5. The highest BCUT2D eigenvalue weighted by Gasteiger charge is 2.46. The number of halogens is 3. The van der Waals surface area contributed by atoms with Crippen molar-refractivity contribution in [3.05, 3.63) is 0 Å². The van der Waals surface area contributed by atoms with Gasteiger partial charge >= 0.3 is 0 Å². The zero-order valence-electron chi connectivity index (χ0n) is 18.9. The van der Waals surface area contributed by atoms with Gasteiger partial charge in [0.15, 0.2) is 0 Å². The minimum absolute atomic E-state index is 0.0341. The fourth-order valence-electron chi connectivity index (χ4n) is 7.24. The number of ether oxygens (including phenoxy) is 1. The molecule has 174 valence electrons. The van der Waals surface area contributed by atoms with Gasteiger partial charge in [0.1, 0.15) is 18.5 Å². The maximum Gasteiger partial charge on any atom is 0.134 e. The molecule has 0 aromatic heterocycles. The van der Waals surface area contributed by atoms with Crippen LogP contribution in [-0.2, 0) is 4.74 Å². The van der Waals surface area contributed by atoms with E-state index < -0.39 is 18.5 Å². The minimum atomic E-state index is -1.26. The van der Waals surface area contributed by atoms with E-state index in [1.807, 2.05) is 0 Å². The molecule has 0 aromatic rings. The molecule has 4 aliphatic rings. The van der Waals surface area contributed by atoms with Crippen LogP contribution in [0.3, 0.4) is 0 Å². The molecule has 4 heteroatoms. The van der Waals surface area contributed by atoms with Crippen LogP contribution in [0.4, 0.5) is 13.2 Å². The Bertz CT molecular complexity index is 514. The van der Waals surface area contributed by atoms with Crippen molar-refractivity contribution in [2.75, 3.05) is 6.61 Å². The second kappa shape index (κ2) is 10.6. The number of hydrogen-bond donors (Lipinski definition) is 0. The monoisotopic (exact) mass is 428 g/mol. The first kappa shape index (κ1) is 22.9. The topological polar surface area (TPSA) is 9.23 Å². The second-order valence-corrected chi connectivity index (χ2v) is 11.3. The van der Waals surface area contributed by atoms with Crippen LogP contribution in [0, 0.1) is 35.5 Å². The van der Waals surface area contributed by atoms with Gasteiger partial charge in [0, 0.05) is 6.61 Å². The third kappa shape index (κ3) is 5.38. The molecule has 4 rings (SSSR count). The molecule has 0 radical (unpaired) electrons. The molecular weight excluding hydrogens is 385 g/mol. The van der Waals surface area contributed by atoms with Crippen LogP contribution in [-0.4, -0.2) is 31.2 Å². The van der Waals surface area contributed by atoms with Crippen LogP contribution in [0.25, 0.3) is 0 Å². The van der Waals surface area contributed by atoms with Gasteiger partial charge in [-0.1, -0.05) is 39.0 Å². The smallest absolute Gasteiger partial charge is 0.134 e. The van der Waals surface area contributed by atoms with Gasteiger partial charge in [-0.25, -0.2) is 13.2 Å². The van der Waals surface area contributed by atoms with Crippen molar-refractivity contribution in [3.8, 4) is 0 Å². The van der Waals surface area contributed by atoms with E-state index in [1.165, 1.54) is 19.3 Å². The molecule has 4 saturated carbocycles. The van der Waals surface area contributed by atoms with E-state index in [1.54, 1.807) is 0 Å². The molecule has 4 aliphatic carbocycles. The third-order valence-electron chi connectivity index (χ3n) is 9.23. The van der Waals surface area contributed by atoms with E-state index >= 15 is 8.78 Å². The van der Waals surface area contributed by atoms with Crippen LogP contribution in [0.2, 0.25) is 0 Å². The Hall–Kier alpha value is -0.250. The first-order valence-corrected chi connectivity index (χ1v) is 13.1. The van der Waals surface area contributed by atoms with Crippen LogP contribution in [0.1, 0.15) is 96.8 Å². The summed E-state index contributed by atoms with van der Waals surface area (Å²) in [6.07, 6.45) is 10.6. The molecule has 0 bridgehead atoms. The molecular formula is C26H43F3O. The van der Waals surface area contributed by atoms with Crippen molar-refractivity contribution in [2.24, 2.45) is 35.5 Å². The summed E-state index contributed by atoms with van der Waals surface area (Å²) in [7, 11) is 0. The van der Waals surface area contributed by atoms with Gasteiger partial charge < -0.3 is 4.74 Å². The lowest BCUT2D eigenvalue weighted by atomic mass is 9.64. The number of alkyl halides is 3. The average molecular weight is 429 g/mol. The molecule has 1 nitrogen and oxygen atoms in total. The van der Waals surface area contributed by atoms with Crippen LogP contribution < -0.4 is 0 Å². The molecule has 0 saturated heterocycles. The number of hydrogen-bond acceptors (Lipinski definition) is 1. The fraction of sp³-hybridized carbons (Fsp3) is 1.00. The predicted molar refractivity (Wildman–Crippen MR) is 116 cm³/mol. The third-order valence-corrected chi connectivity index (χ3v) is 9.23. The maximum atomic E-state index is 15.2. The molecule has 0 aromatic carbocycles. The minimum Gasteiger partial charge on any atom is -0.375 e. The van der Waals surface area contributed by atoms with Crippen molar-refractivity contribution in [2.45, 2.75) is 121 Å². The quantitative estimate of drug-likeness (QED) is 0.438. The standard InChI is InChI=1S/C26H43F3O/c1-17-7-14-24(23(27)15-17)30-16-18-8-10-20(11-9-18)22-13-12-21(25(28)26(22)29)19-5-3-2-4-6-19/h17-26H,2-16H2,1H3/t17?,18?,20?,21?,22?,23?,24?,25?,26-/m0/s1. The zero-order valence-corrected chi connectivity index (χ0v) is 18.9. The summed E-state index contributed by atoms with van der Waals surface area (Å²) >= 11 is 0. The van der Waals surface area contributed by atoms with Crippen molar-refractivity contribution in [3.63, 3.8) is 0 Å². The van der Waals surface area contributed by atoms with E-state index in [0.29, 0.717) is 36.7 Å². The summed E-state index contributed by atoms with van der Waals surface area (Å²) in [5, 5.41) is 0. The molecule has 0 heterocycles. The normalized spacial score (nSPS) is 46.6. The van der Waals surface area contributed by atoms with Gasteiger partial charge in [0.05, 0.1) is 6.10 Å². The Morgan fingerprint density at radius 3 is 1.87 bits per heavy atom. The van der Waals surface area contributed by atoms with E-state index in [-0.39, 0.29) is 17.9 Å². The highest BCUT2D eigenvalue weighted by Crippen LogP contribution is 2.47.